The number of amidine groups is 1. The molecule has 1 aromatic heterocycles. The highest BCUT2D eigenvalue weighted by atomic mass is 32.2. The van der Waals surface area contributed by atoms with Crippen LogP contribution in [-0.4, -0.2) is 21.6 Å². The molecule has 7 heteroatoms. The van der Waals surface area contributed by atoms with E-state index in [-0.39, 0.29) is 0 Å². The van der Waals surface area contributed by atoms with Gasteiger partial charge in [-0.25, -0.2) is 4.99 Å². The number of nitriles is 1. The van der Waals surface area contributed by atoms with Gasteiger partial charge in [-0.3, -0.25) is 5.32 Å². The quantitative estimate of drug-likeness (QED) is 0.385. The molecule has 0 aliphatic rings. The lowest BCUT2D eigenvalue weighted by Gasteiger charge is -2.00. The molecule has 2 rings (SSSR count). The summed E-state index contributed by atoms with van der Waals surface area (Å²) >= 11 is 1.37. The Balaban J connectivity index is 2.20. The van der Waals surface area contributed by atoms with E-state index in [9.17, 15) is 0 Å². The molecule has 0 radical (unpaired) electrons. The Morgan fingerprint density at radius 3 is 2.78 bits per heavy atom. The van der Waals surface area contributed by atoms with E-state index >= 15 is 0 Å². The van der Waals surface area contributed by atoms with Crippen LogP contribution in [0.2, 0.25) is 0 Å². The zero-order chi connectivity index (χ0) is 12.8. The summed E-state index contributed by atoms with van der Waals surface area (Å²) in [7, 11) is 0. The fraction of sp³-hybridized carbons (Fsp3) is 0.0909. The number of hydrogen-bond donors (Lipinski definition) is 1. The van der Waals surface area contributed by atoms with Gasteiger partial charge in [0.15, 0.2) is 11.4 Å². The van der Waals surface area contributed by atoms with Crippen molar-refractivity contribution in [2.24, 2.45) is 4.99 Å². The fourth-order valence-electron chi connectivity index (χ4n) is 1.27. The third-order valence-electron chi connectivity index (χ3n) is 2.06. The van der Waals surface area contributed by atoms with Crippen LogP contribution in [0, 0.1) is 11.5 Å². The number of thioether (sulfide) groups is 1. The maximum absolute atomic E-state index is 8.53. The van der Waals surface area contributed by atoms with Gasteiger partial charge < -0.3 is 4.42 Å². The lowest BCUT2D eigenvalue weighted by molar-refractivity contribution is 0.568. The summed E-state index contributed by atoms with van der Waals surface area (Å²) < 4.78 is 5.08. The summed E-state index contributed by atoms with van der Waals surface area (Å²) in [5, 5.41) is 19.0. The van der Waals surface area contributed by atoms with Gasteiger partial charge in [0.1, 0.15) is 0 Å². The number of aromatic nitrogens is 2. The molecular formula is C11H9N5OS. The fourth-order valence-corrected chi connectivity index (χ4v) is 1.61. The molecule has 2 aromatic rings. The van der Waals surface area contributed by atoms with Crippen molar-refractivity contribution in [3.8, 4) is 17.6 Å². The lowest BCUT2D eigenvalue weighted by Crippen LogP contribution is -2.12. The number of rotatable bonds is 2. The topological polar surface area (TPSA) is 87.1 Å². The van der Waals surface area contributed by atoms with Crippen molar-refractivity contribution in [1.29, 1.82) is 5.26 Å². The first-order valence-electron chi connectivity index (χ1n) is 4.98. The van der Waals surface area contributed by atoms with Crippen LogP contribution in [0.1, 0.15) is 0 Å². The molecule has 0 fully saturated rings. The van der Waals surface area contributed by atoms with Crippen molar-refractivity contribution in [2.75, 3.05) is 6.26 Å². The zero-order valence-electron chi connectivity index (χ0n) is 9.49. The summed E-state index contributed by atoms with van der Waals surface area (Å²) in [5.41, 5.74) is 1.57. The van der Waals surface area contributed by atoms with Crippen LogP contribution in [-0.2, 0) is 0 Å². The number of aliphatic imine (C=N–C) groups is 1. The molecule has 0 unspecified atom stereocenters. The maximum Gasteiger partial charge on any atom is 0.247 e. The largest absolute Gasteiger partial charge is 0.423 e. The van der Waals surface area contributed by atoms with E-state index in [2.05, 4.69) is 20.5 Å². The van der Waals surface area contributed by atoms with E-state index in [1.807, 2.05) is 36.7 Å². The molecule has 0 spiro atoms. The third kappa shape index (κ3) is 2.87. The Morgan fingerprint density at radius 1 is 1.44 bits per heavy atom. The van der Waals surface area contributed by atoms with Crippen molar-refractivity contribution in [3.05, 3.63) is 30.7 Å². The SMILES string of the molecule is CSC(=Nc1ccc(-c2nnco2)cc1)NC#N. The van der Waals surface area contributed by atoms with Crippen LogP contribution in [0.4, 0.5) is 5.69 Å². The average molecular weight is 259 g/mol. The van der Waals surface area contributed by atoms with Crippen LogP contribution in [0.15, 0.2) is 40.1 Å². The summed E-state index contributed by atoms with van der Waals surface area (Å²) in [4.78, 5) is 4.27. The van der Waals surface area contributed by atoms with Gasteiger partial charge in [-0.2, -0.15) is 5.26 Å². The summed E-state index contributed by atoms with van der Waals surface area (Å²) in [6.45, 7) is 0. The monoisotopic (exact) mass is 259 g/mol. The van der Waals surface area contributed by atoms with Crippen molar-refractivity contribution < 1.29 is 4.42 Å². The molecule has 0 saturated carbocycles. The number of hydrogen-bond acceptors (Lipinski definition) is 6. The van der Waals surface area contributed by atoms with Gasteiger partial charge in [0.2, 0.25) is 12.3 Å². The van der Waals surface area contributed by atoms with E-state index in [0.29, 0.717) is 11.1 Å². The first-order chi connectivity index (χ1) is 8.83. The number of benzene rings is 1. The molecular weight excluding hydrogens is 250 g/mol. The van der Waals surface area contributed by atoms with Crippen LogP contribution < -0.4 is 5.32 Å². The summed E-state index contributed by atoms with van der Waals surface area (Å²) in [5.74, 6) is 0.464. The van der Waals surface area contributed by atoms with Crippen molar-refractivity contribution >= 4 is 22.6 Å². The lowest BCUT2D eigenvalue weighted by atomic mass is 10.2. The Hall–Kier alpha value is -2.33. The minimum absolute atomic E-state index is 0.464. The number of nitrogens with zero attached hydrogens (tertiary/aromatic N) is 4. The highest BCUT2D eigenvalue weighted by Gasteiger charge is 2.03. The second-order valence-electron chi connectivity index (χ2n) is 3.15. The molecule has 0 saturated heterocycles. The molecule has 0 aliphatic carbocycles. The molecule has 1 N–H and O–H groups in total. The molecule has 0 bridgehead atoms. The predicted octanol–water partition coefficient (Wildman–Crippen LogP) is 2.16. The molecule has 0 aliphatic heterocycles. The van der Waals surface area contributed by atoms with Crippen LogP contribution in [0.5, 0.6) is 0 Å². The van der Waals surface area contributed by atoms with E-state index in [1.54, 1.807) is 0 Å². The molecule has 0 atom stereocenters. The average Bonchev–Trinajstić information content (AvgIpc) is 2.93. The van der Waals surface area contributed by atoms with Gasteiger partial charge in [0.25, 0.3) is 0 Å². The highest BCUT2D eigenvalue weighted by Crippen LogP contribution is 2.21. The van der Waals surface area contributed by atoms with Crippen LogP contribution >= 0.6 is 11.8 Å². The van der Waals surface area contributed by atoms with Gasteiger partial charge in [0, 0.05) is 5.56 Å². The van der Waals surface area contributed by atoms with Crippen molar-refractivity contribution in [3.63, 3.8) is 0 Å². The Kier molecular flexibility index (Phi) is 3.94. The van der Waals surface area contributed by atoms with Gasteiger partial charge in [-0.1, -0.05) is 11.8 Å². The van der Waals surface area contributed by atoms with E-state index in [0.717, 1.165) is 11.3 Å². The van der Waals surface area contributed by atoms with E-state index < -0.39 is 0 Å². The Morgan fingerprint density at radius 2 is 2.22 bits per heavy atom. The predicted molar refractivity (Wildman–Crippen MR) is 69.1 cm³/mol. The molecule has 18 heavy (non-hydrogen) atoms. The maximum atomic E-state index is 8.53. The molecule has 0 amide bonds. The molecule has 90 valence electrons. The Bertz CT molecular complexity index is 570. The third-order valence-corrected chi connectivity index (χ3v) is 2.64. The Labute approximate surface area is 108 Å². The molecule has 6 nitrogen and oxygen atoms in total. The van der Waals surface area contributed by atoms with Crippen molar-refractivity contribution in [2.45, 2.75) is 0 Å². The minimum atomic E-state index is 0.464. The highest BCUT2D eigenvalue weighted by molar-refractivity contribution is 8.13. The van der Waals surface area contributed by atoms with E-state index in [4.69, 9.17) is 9.68 Å². The van der Waals surface area contributed by atoms with Gasteiger partial charge in [-0.05, 0) is 30.5 Å². The first kappa shape index (κ1) is 12.1. The normalized spacial score (nSPS) is 11.0. The molecule has 1 heterocycles. The van der Waals surface area contributed by atoms with Gasteiger partial charge in [0.05, 0.1) is 5.69 Å². The first-order valence-corrected chi connectivity index (χ1v) is 6.20. The summed E-state index contributed by atoms with van der Waals surface area (Å²) in [6, 6.07) is 7.29. The smallest absolute Gasteiger partial charge is 0.247 e. The molecule has 1 aromatic carbocycles. The van der Waals surface area contributed by atoms with Gasteiger partial charge >= 0.3 is 0 Å². The summed E-state index contributed by atoms with van der Waals surface area (Å²) in [6.07, 6.45) is 4.96. The van der Waals surface area contributed by atoms with Gasteiger partial charge in [-0.15, -0.1) is 10.2 Å². The zero-order valence-corrected chi connectivity index (χ0v) is 10.3. The van der Waals surface area contributed by atoms with Crippen LogP contribution in [0.3, 0.4) is 0 Å². The second-order valence-corrected chi connectivity index (χ2v) is 3.94. The van der Waals surface area contributed by atoms with Crippen LogP contribution in [0.25, 0.3) is 11.5 Å². The van der Waals surface area contributed by atoms with E-state index in [1.165, 1.54) is 18.2 Å². The standard InChI is InChI=1S/C11H9N5OS/c1-18-11(13-6-12)15-9-4-2-8(3-5-9)10-16-14-7-17-10/h2-5,7H,1H3,(H,13,15). The second kappa shape index (κ2) is 5.84. The minimum Gasteiger partial charge on any atom is -0.423 e. The number of nitrogens with one attached hydrogen (secondary N) is 1. The van der Waals surface area contributed by atoms with Crippen molar-refractivity contribution in [1.82, 2.24) is 15.5 Å².